The number of aryl methyl sites for hydroxylation is 1. The molecule has 0 saturated carbocycles. The largest absolute Gasteiger partial charge is 0.354 e. The lowest BCUT2D eigenvalue weighted by Crippen LogP contribution is -2.43. The molecule has 3 aromatic rings. The van der Waals surface area contributed by atoms with Crippen LogP contribution >= 0.6 is 11.6 Å². The predicted octanol–water partition coefficient (Wildman–Crippen LogP) is 4.64. The SMILES string of the molecule is Cc1ccc(-c2ccc(N3CCCC(C(=O)NCc4ccc(Cl)cc4)C3)nn2)cc1. The lowest BCUT2D eigenvalue weighted by molar-refractivity contribution is -0.125. The van der Waals surface area contributed by atoms with E-state index in [0.717, 1.165) is 42.0 Å². The first kappa shape index (κ1) is 20.4. The summed E-state index contributed by atoms with van der Waals surface area (Å²) < 4.78 is 0. The van der Waals surface area contributed by atoms with Crippen LogP contribution in [0.15, 0.2) is 60.7 Å². The fourth-order valence-corrected chi connectivity index (χ4v) is 3.83. The van der Waals surface area contributed by atoms with Gasteiger partial charge in [-0.05, 0) is 49.6 Å². The fraction of sp³-hybridized carbons (Fsp3) is 0.292. The molecule has 1 N–H and O–H groups in total. The molecule has 1 unspecified atom stereocenters. The van der Waals surface area contributed by atoms with Crippen molar-refractivity contribution in [3.8, 4) is 11.3 Å². The van der Waals surface area contributed by atoms with Gasteiger partial charge >= 0.3 is 0 Å². The van der Waals surface area contributed by atoms with Crippen LogP contribution in [0.2, 0.25) is 5.02 Å². The summed E-state index contributed by atoms with van der Waals surface area (Å²) in [6, 6.07) is 19.8. The minimum absolute atomic E-state index is 0.0513. The summed E-state index contributed by atoms with van der Waals surface area (Å²) in [6.07, 6.45) is 1.85. The summed E-state index contributed by atoms with van der Waals surface area (Å²) in [5.41, 5.74) is 4.17. The van der Waals surface area contributed by atoms with Crippen molar-refractivity contribution in [1.82, 2.24) is 15.5 Å². The predicted molar refractivity (Wildman–Crippen MR) is 120 cm³/mol. The fourth-order valence-electron chi connectivity index (χ4n) is 3.71. The van der Waals surface area contributed by atoms with Gasteiger partial charge in [0.25, 0.3) is 0 Å². The van der Waals surface area contributed by atoms with Crippen molar-refractivity contribution in [2.75, 3.05) is 18.0 Å². The van der Waals surface area contributed by atoms with Gasteiger partial charge in [-0.2, -0.15) is 0 Å². The Labute approximate surface area is 182 Å². The van der Waals surface area contributed by atoms with Gasteiger partial charge in [-0.3, -0.25) is 4.79 Å². The van der Waals surface area contributed by atoms with Gasteiger partial charge in [-0.1, -0.05) is 53.6 Å². The number of amides is 1. The van der Waals surface area contributed by atoms with Crippen LogP contribution in [-0.2, 0) is 11.3 Å². The molecule has 0 radical (unpaired) electrons. The van der Waals surface area contributed by atoms with Crippen LogP contribution in [-0.4, -0.2) is 29.2 Å². The van der Waals surface area contributed by atoms with Crippen molar-refractivity contribution in [2.45, 2.75) is 26.3 Å². The van der Waals surface area contributed by atoms with Crippen LogP contribution in [0.1, 0.15) is 24.0 Å². The monoisotopic (exact) mass is 420 g/mol. The van der Waals surface area contributed by atoms with Crippen LogP contribution in [0.25, 0.3) is 11.3 Å². The van der Waals surface area contributed by atoms with E-state index in [9.17, 15) is 4.79 Å². The zero-order valence-electron chi connectivity index (χ0n) is 17.0. The van der Waals surface area contributed by atoms with E-state index in [-0.39, 0.29) is 11.8 Å². The molecule has 1 atom stereocenters. The molecule has 5 nitrogen and oxygen atoms in total. The number of nitrogens with one attached hydrogen (secondary N) is 1. The van der Waals surface area contributed by atoms with Gasteiger partial charge in [0.1, 0.15) is 0 Å². The van der Waals surface area contributed by atoms with Crippen LogP contribution in [0.4, 0.5) is 5.82 Å². The van der Waals surface area contributed by atoms with Crippen molar-refractivity contribution < 1.29 is 4.79 Å². The average molecular weight is 421 g/mol. The quantitative estimate of drug-likeness (QED) is 0.653. The first-order chi connectivity index (χ1) is 14.6. The topological polar surface area (TPSA) is 58.1 Å². The van der Waals surface area contributed by atoms with Crippen LogP contribution in [0, 0.1) is 12.8 Å². The van der Waals surface area contributed by atoms with Gasteiger partial charge in [-0.15, -0.1) is 10.2 Å². The first-order valence-electron chi connectivity index (χ1n) is 10.3. The van der Waals surface area contributed by atoms with E-state index in [1.165, 1.54) is 5.56 Å². The first-order valence-corrected chi connectivity index (χ1v) is 10.6. The van der Waals surface area contributed by atoms with E-state index in [1.54, 1.807) is 0 Å². The Morgan fingerprint density at radius 2 is 1.83 bits per heavy atom. The minimum atomic E-state index is -0.0513. The molecule has 2 heterocycles. The van der Waals surface area contributed by atoms with Gasteiger partial charge in [0.15, 0.2) is 5.82 Å². The molecule has 1 aromatic heterocycles. The number of hydrogen-bond donors (Lipinski definition) is 1. The Balaban J connectivity index is 1.36. The lowest BCUT2D eigenvalue weighted by atomic mass is 9.97. The van der Waals surface area contributed by atoms with Crippen molar-refractivity contribution >= 4 is 23.3 Å². The third kappa shape index (κ3) is 4.97. The average Bonchev–Trinajstić information content (AvgIpc) is 2.79. The number of rotatable bonds is 5. The van der Waals surface area contributed by atoms with E-state index >= 15 is 0 Å². The number of carbonyl (C=O) groups is 1. The normalized spacial score (nSPS) is 16.3. The number of aromatic nitrogens is 2. The number of anilines is 1. The third-order valence-electron chi connectivity index (χ3n) is 5.49. The Kier molecular flexibility index (Phi) is 6.29. The summed E-state index contributed by atoms with van der Waals surface area (Å²) in [5, 5.41) is 12.6. The number of carbonyl (C=O) groups excluding carboxylic acids is 1. The van der Waals surface area contributed by atoms with Crippen LogP contribution < -0.4 is 10.2 Å². The van der Waals surface area contributed by atoms with E-state index in [2.05, 4.69) is 51.6 Å². The molecule has 1 aliphatic rings. The minimum Gasteiger partial charge on any atom is -0.354 e. The molecule has 1 saturated heterocycles. The van der Waals surface area contributed by atoms with Crippen molar-refractivity contribution in [1.29, 1.82) is 0 Å². The number of nitrogens with zero attached hydrogens (tertiary/aromatic N) is 3. The number of halogens is 1. The Hall–Kier alpha value is -2.92. The van der Waals surface area contributed by atoms with Gasteiger partial charge in [-0.25, -0.2) is 0 Å². The molecule has 0 aliphatic carbocycles. The van der Waals surface area contributed by atoms with Crippen LogP contribution in [0.5, 0.6) is 0 Å². The summed E-state index contributed by atoms with van der Waals surface area (Å²) in [7, 11) is 0. The van der Waals surface area contributed by atoms with E-state index in [4.69, 9.17) is 11.6 Å². The highest BCUT2D eigenvalue weighted by Crippen LogP contribution is 2.24. The van der Waals surface area contributed by atoms with Gasteiger partial charge in [0.05, 0.1) is 11.6 Å². The van der Waals surface area contributed by atoms with Gasteiger partial charge in [0.2, 0.25) is 5.91 Å². The lowest BCUT2D eigenvalue weighted by Gasteiger charge is -2.32. The zero-order valence-corrected chi connectivity index (χ0v) is 17.8. The molecule has 1 aliphatic heterocycles. The summed E-state index contributed by atoms with van der Waals surface area (Å²) in [4.78, 5) is 14.8. The summed E-state index contributed by atoms with van der Waals surface area (Å²) >= 11 is 5.92. The summed E-state index contributed by atoms with van der Waals surface area (Å²) in [6.45, 7) is 4.12. The Bertz CT molecular complexity index is 987. The third-order valence-corrected chi connectivity index (χ3v) is 5.75. The second-order valence-electron chi connectivity index (χ2n) is 7.77. The highest BCUT2D eigenvalue weighted by Gasteiger charge is 2.26. The van der Waals surface area contributed by atoms with Crippen molar-refractivity contribution in [3.05, 3.63) is 76.8 Å². The molecule has 1 amide bonds. The standard InChI is InChI=1S/C24H25ClN4O/c1-17-4-8-19(9-5-17)22-12-13-23(28-27-22)29-14-2-3-20(16-29)24(30)26-15-18-6-10-21(25)11-7-18/h4-13,20H,2-3,14-16H2,1H3,(H,26,30). The van der Waals surface area contributed by atoms with E-state index in [0.29, 0.717) is 18.1 Å². The molecule has 4 rings (SSSR count). The molecule has 0 spiro atoms. The number of hydrogen-bond acceptors (Lipinski definition) is 4. The molecular formula is C24H25ClN4O. The van der Waals surface area contributed by atoms with E-state index in [1.807, 2.05) is 36.4 Å². The molecule has 2 aromatic carbocycles. The Morgan fingerprint density at radius 3 is 2.53 bits per heavy atom. The second-order valence-corrected chi connectivity index (χ2v) is 8.21. The Morgan fingerprint density at radius 1 is 1.07 bits per heavy atom. The van der Waals surface area contributed by atoms with Crippen LogP contribution in [0.3, 0.4) is 0 Å². The maximum absolute atomic E-state index is 12.7. The zero-order chi connectivity index (χ0) is 20.9. The molecule has 1 fully saturated rings. The molecule has 0 bridgehead atoms. The molecule has 30 heavy (non-hydrogen) atoms. The molecule has 154 valence electrons. The number of piperidine rings is 1. The van der Waals surface area contributed by atoms with Crippen molar-refractivity contribution in [3.63, 3.8) is 0 Å². The highest BCUT2D eigenvalue weighted by molar-refractivity contribution is 6.30. The second kappa shape index (κ2) is 9.26. The number of benzene rings is 2. The van der Waals surface area contributed by atoms with E-state index < -0.39 is 0 Å². The van der Waals surface area contributed by atoms with Gasteiger partial charge in [0, 0.05) is 30.2 Å². The maximum atomic E-state index is 12.7. The van der Waals surface area contributed by atoms with Crippen molar-refractivity contribution in [2.24, 2.45) is 5.92 Å². The van der Waals surface area contributed by atoms with Gasteiger partial charge < -0.3 is 10.2 Å². The maximum Gasteiger partial charge on any atom is 0.225 e. The molecular weight excluding hydrogens is 396 g/mol. The highest BCUT2D eigenvalue weighted by atomic mass is 35.5. The molecule has 6 heteroatoms. The smallest absolute Gasteiger partial charge is 0.225 e. The summed E-state index contributed by atoms with van der Waals surface area (Å²) in [5.74, 6) is 0.851.